The third-order valence-corrected chi connectivity index (χ3v) is 2.74. The predicted molar refractivity (Wildman–Crippen MR) is 76.5 cm³/mol. The molecule has 0 radical (unpaired) electrons. The molecule has 1 amide bonds. The molecule has 0 saturated carbocycles. The summed E-state index contributed by atoms with van der Waals surface area (Å²) < 4.78 is 31.4. The van der Waals surface area contributed by atoms with Gasteiger partial charge in [0.2, 0.25) is 5.91 Å². The first kappa shape index (κ1) is 14.8. The van der Waals surface area contributed by atoms with Crippen LogP contribution in [0.2, 0.25) is 0 Å². The van der Waals surface area contributed by atoms with Crippen LogP contribution in [0.15, 0.2) is 42.5 Å². The predicted octanol–water partition coefficient (Wildman–Crippen LogP) is 3.02. The molecular weight excluding hydrogens is 278 g/mol. The van der Waals surface area contributed by atoms with Crippen molar-refractivity contribution < 1.29 is 18.3 Å². The molecule has 0 spiro atoms. The van der Waals surface area contributed by atoms with Crippen molar-refractivity contribution in [3.8, 4) is 5.75 Å². The summed E-state index contributed by atoms with van der Waals surface area (Å²) in [6.07, 6.45) is 0. The summed E-state index contributed by atoms with van der Waals surface area (Å²) in [5, 5.41) is 5.17. The Morgan fingerprint density at radius 3 is 2.71 bits per heavy atom. The maximum atomic E-state index is 13.4. The van der Waals surface area contributed by atoms with Gasteiger partial charge in [0.15, 0.2) is 11.6 Å². The Balaban J connectivity index is 1.94. The number of halogens is 2. The highest BCUT2D eigenvalue weighted by molar-refractivity contribution is 5.93. The van der Waals surface area contributed by atoms with Crippen LogP contribution in [0.25, 0.3) is 0 Å². The molecule has 0 aliphatic rings. The fourth-order valence-corrected chi connectivity index (χ4v) is 1.72. The quantitative estimate of drug-likeness (QED) is 0.890. The minimum Gasteiger partial charge on any atom is -0.497 e. The van der Waals surface area contributed by atoms with E-state index in [0.717, 1.165) is 6.07 Å². The van der Waals surface area contributed by atoms with Crippen LogP contribution in [0.5, 0.6) is 5.75 Å². The summed E-state index contributed by atoms with van der Waals surface area (Å²) in [5.74, 6) is -1.75. The van der Waals surface area contributed by atoms with Crippen molar-refractivity contribution in [3.05, 3.63) is 54.1 Å². The molecule has 4 nitrogen and oxygen atoms in total. The number of ether oxygens (including phenoxy) is 1. The molecule has 2 aromatic carbocycles. The van der Waals surface area contributed by atoms with E-state index in [2.05, 4.69) is 10.6 Å². The Morgan fingerprint density at radius 2 is 1.95 bits per heavy atom. The van der Waals surface area contributed by atoms with Crippen molar-refractivity contribution in [2.45, 2.75) is 0 Å². The summed E-state index contributed by atoms with van der Waals surface area (Å²) in [4.78, 5) is 11.8. The molecule has 2 aromatic rings. The first-order valence-electron chi connectivity index (χ1n) is 6.22. The maximum absolute atomic E-state index is 13.4. The van der Waals surface area contributed by atoms with Crippen molar-refractivity contribution in [1.82, 2.24) is 0 Å². The molecule has 0 aliphatic carbocycles. The lowest BCUT2D eigenvalue weighted by Gasteiger charge is -2.09. The van der Waals surface area contributed by atoms with E-state index in [1.54, 1.807) is 24.3 Å². The van der Waals surface area contributed by atoms with E-state index in [1.807, 2.05) is 0 Å². The van der Waals surface area contributed by atoms with E-state index in [9.17, 15) is 13.6 Å². The number of nitrogens with one attached hydrogen (secondary N) is 2. The molecule has 0 heterocycles. The molecule has 0 atom stereocenters. The molecule has 0 fully saturated rings. The van der Waals surface area contributed by atoms with Crippen LogP contribution in [0.4, 0.5) is 20.2 Å². The third kappa shape index (κ3) is 3.92. The van der Waals surface area contributed by atoms with Gasteiger partial charge in [-0.3, -0.25) is 4.79 Å². The fraction of sp³-hybridized carbons (Fsp3) is 0.133. The number of methoxy groups -OCH3 is 1. The van der Waals surface area contributed by atoms with Gasteiger partial charge >= 0.3 is 0 Å². The SMILES string of the molecule is COc1cccc(NC(=O)CNc2cccc(F)c2F)c1. The summed E-state index contributed by atoms with van der Waals surface area (Å²) in [7, 11) is 1.52. The van der Waals surface area contributed by atoms with Gasteiger partial charge in [-0.1, -0.05) is 12.1 Å². The number of anilines is 2. The van der Waals surface area contributed by atoms with Gasteiger partial charge < -0.3 is 15.4 Å². The number of hydrogen-bond donors (Lipinski definition) is 2. The molecular formula is C15H14F2N2O2. The molecule has 0 aromatic heterocycles. The van der Waals surface area contributed by atoms with Crippen molar-refractivity contribution in [2.24, 2.45) is 0 Å². The lowest BCUT2D eigenvalue weighted by molar-refractivity contribution is -0.114. The van der Waals surface area contributed by atoms with Crippen molar-refractivity contribution in [3.63, 3.8) is 0 Å². The number of hydrogen-bond acceptors (Lipinski definition) is 3. The molecule has 0 aliphatic heterocycles. The second kappa shape index (κ2) is 6.69. The molecule has 6 heteroatoms. The molecule has 0 saturated heterocycles. The highest BCUT2D eigenvalue weighted by atomic mass is 19.2. The Labute approximate surface area is 120 Å². The van der Waals surface area contributed by atoms with Crippen LogP contribution in [0, 0.1) is 11.6 Å². The van der Waals surface area contributed by atoms with E-state index < -0.39 is 11.6 Å². The van der Waals surface area contributed by atoms with Gasteiger partial charge in [0, 0.05) is 11.8 Å². The smallest absolute Gasteiger partial charge is 0.243 e. The van der Waals surface area contributed by atoms with Crippen molar-refractivity contribution in [1.29, 1.82) is 0 Å². The van der Waals surface area contributed by atoms with E-state index in [4.69, 9.17) is 4.74 Å². The molecule has 0 unspecified atom stereocenters. The second-order valence-electron chi connectivity index (χ2n) is 4.24. The Kier molecular flexibility index (Phi) is 4.71. The number of rotatable bonds is 5. The topological polar surface area (TPSA) is 50.4 Å². The van der Waals surface area contributed by atoms with Crippen LogP contribution in [-0.2, 0) is 4.79 Å². The summed E-state index contributed by atoms with van der Waals surface area (Å²) >= 11 is 0. The van der Waals surface area contributed by atoms with Gasteiger partial charge in [0.1, 0.15) is 5.75 Å². The van der Waals surface area contributed by atoms with E-state index >= 15 is 0 Å². The summed E-state index contributed by atoms with van der Waals surface area (Å²) in [5.41, 5.74) is 0.497. The minimum atomic E-state index is -1.01. The highest BCUT2D eigenvalue weighted by Gasteiger charge is 2.09. The van der Waals surface area contributed by atoms with Crippen LogP contribution in [-0.4, -0.2) is 19.6 Å². The Bertz CT molecular complexity index is 647. The monoisotopic (exact) mass is 292 g/mol. The average Bonchev–Trinajstić information content (AvgIpc) is 2.49. The Morgan fingerprint density at radius 1 is 1.19 bits per heavy atom. The van der Waals surface area contributed by atoms with E-state index in [1.165, 1.54) is 19.2 Å². The van der Waals surface area contributed by atoms with Gasteiger partial charge in [-0.25, -0.2) is 8.78 Å². The van der Waals surface area contributed by atoms with Crippen molar-refractivity contribution >= 4 is 17.3 Å². The van der Waals surface area contributed by atoms with Crippen LogP contribution in [0.3, 0.4) is 0 Å². The number of benzene rings is 2. The second-order valence-corrected chi connectivity index (χ2v) is 4.24. The zero-order valence-electron chi connectivity index (χ0n) is 11.3. The molecule has 110 valence electrons. The lowest BCUT2D eigenvalue weighted by Crippen LogP contribution is -2.22. The molecule has 2 N–H and O–H groups in total. The van der Waals surface area contributed by atoms with Gasteiger partial charge in [-0.05, 0) is 24.3 Å². The lowest BCUT2D eigenvalue weighted by atomic mass is 10.3. The first-order chi connectivity index (χ1) is 10.1. The number of carbonyl (C=O) groups excluding carboxylic acids is 1. The number of carbonyl (C=O) groups is 1. The standard InChI is InChI=1S/C15H14F2N2O2/c1-21-11-5-2-4-10(8-11)19-14(20)9-18-13-7-3-6-12(16)15(13)17/h2-8,18H,9H2,1H3,(H,19,20). The van der Waals surface area contributed by atoms with Crippen LogP contribution in [0.1, 0.15) is 0 Å². The fourth-order valence-electron chi connectivity index (χ4n) is 1.72. The maximum Gasteiger partial charge on any atom is 0.243 e. The van der Waals surface area contributed by atoms with Gasteiger partial charge in [-0.2, -0.15) is 0 Å². The third-order valence-electron chi connectivity index (χ3n) is 2.74. The molecule has 21 heavy (non-hydrogen) atoms. The summed E-state index contributed by atoms with van der Waals surface area (Å²) in [6.45, 7) is -0.183. The van der Waals surface area contributed by atoms with Gasteiger partial charge in [0.05, 0.1) is 19.3 Å². The van der Waals surface area contributed by atoms with E-state index in [0.29, 0.717) is 11.4 Å². The van der Waals surface area contributed by atoms with Gasteiger partial charge in [0.25, 0.3) is 0 Å². The number of amides is 1. The van der Waals surface area contributed by atoms with Crippen molar-refractivity contribution in [2.75, 3.05) is 24.3 Å². The van der Waals surface area contributed by atoms with Crippen LogP contribution >= 0.6 is 0 Å². The Hall–Kier alpha value is -2.63. The van der Waals surface area contributed by atoms with Gasteiger partial charge in [-0.15, -0.1) is 0 Å². The average molecular weight is 292 g/mol. The first-order valence-corrected chi connectivity index (χ1v) is 6.22. The zero-order chi connectivity index (χ0) is 15.2. The highest BCUT2D eigenvalue weighted by Crippen LogP contribution is 2.18. The minimum absolute atomic E-state index is 0.0595. The zero-order valence-corrected chi connectivity index (χ0v) is 11.3. The molecule has 0 bridgehead atoms. The van der Waals surface area contributed by atoms with Crippen LogP contribution < -0.4 is 15.4 Å². The molecule has 2 rings (SSSR count). The normalized spacial score (nSPS) is 10.0. The largest absolute Gasteiger partial charge is 0.497 e. The van der Waals surface area contributed by atoms with E-state index in [-0.39, 0.29) is 18.1 Å². The summed E-state index contributed by atoms with van der Waals surface area (Å²) in [6, 6.07) is 10.6.